The van der Waals surface area contributed by atoms with Crippen LogP contribution in [-0.2, 0) is 7.05 Å². The fourth-order valence-corrected chi connectivity index (χ4v) is 4.00. The molecule has 0 saturated heterocycles. The maximum absolute atomic E-state index is 13.5. The van der Waals surface area contributed by atoms with Gasteiger partial charge in [0.25, 0.3) is 11.8 Å². The highest BCUT2D eigenvalue weighted by Crippen LogP contribution is 2.40. The summed E-state index contributed by atoms with van der Waals surface area (Å²) in [6.07, 6.45) is 1.39. The Kier molecular flexibility index (Phi) is 3.47. The molecule has 9 heteroatoms. The molecule has 8 nitrogen and oxygen atoms in total. The molecule has 4 heterocycles. The molecule has 0 spiro atoms. The number of imide groups is 1. The third-order valence-corrected chi connectivity index (χ3v) is 5.43. The Morgan fingerprint density at radius 1 is 1.00 bits per heavy atom. The molecule has 6 rings (SSSR count). The van der Waals surface area contributed by atoms with Crippen LogP contribution in [0.5, 0.6) is 11.5 Å². The van der Waals surface area contributed by atoms with Crippen LogP contribution >= 0.6 is 0 Å². The van der Waals surface area contributed by atoms with E-state index in [9.17, 15) is 14.0 Å². The first-order chi connectivity index (χ1) is 15.0. The van der Waals surface area contributed by atoms with Gasteiger partial charge in [0.1, 0.15) is 11.5 Å². The third kappa shape index (κ3) is 2.40. The lowest BCUT2D eigenvalue weighted by molar-refractivity contribution is 0.0926. The number of aromatic nitrogens is 3. The van der Waals surface area contributed by atoms with E-state index in [0.717, 1.165) is 4.90 Å². The molecule has 2 aliphatic heterocycles. The van der Waals surface area contributed by atoms with Crippen molar-refractivity contribution < 1.29 is 23.5 Å². The summed E-state index contributed by atoms with van der Waals surface area (Å²) in [4.78, 5) is 32.1. The number of amides is 2. The van der Waals surface area contributed by atoms with Gasteiger partial charge in [-0.1, -0.05) is 0 Å². The predicted octanol–water partition coefficient (Wildman–Crippen LogP) is 3.30. The van der Waals surface area contributed by atoms with Gasteiger partial charge in [-0.3, -0.25) is 9.59 Å². The Morgan fingerprint density at radius 2 is 1.77 bits per heavy atom. The number of hydrogen-bond acceptors (Lipinski definition) is 6. The van der Waals surface area contributed by atoms with Crippen molar-refractivity contribution in [3.05, 3.63) is 65.6 Å². The number of fused-ring (bicyclic) bond motifs is 4. The molecule has 0 unspecified atom stereocenters. The topological polar surface area (TPSA) is 86.6 Å². The normalized spacial score (nSPS) is 14.6. The molecule has 0 atom stereocenters. The van der Waals surface area contributed by atoms with Gasteiger partial charge in [0.05, 0.1) is 22.2 Å². The summed E-state index contributed by atoms with van der Waals surface area (Å²) in [7, 11) is 1.70. The van der Waals surface area contributed by atoms with E-state index in [1.54, 1.807) is 37.4 Å². The number of halogens is 1. The van der Waals surface area contributed by atoms with E-state index in [1.807, 2.05) is 0 Å². The van der Waals surface area contributed by atoms with Gasteiger partial charge < -0.3 is 9.47 Å². The van der Waals surface area contributed by atoms with Gasteiger partial charge in [-0.05, 0) is 36.4 Å². The van der Waals surface area contributed by atoms with Crippen molar-refractivity contribution >= 4 is 28.5 Å². The number of hydrogen-bond donors (Lipinski definition) is 0. The zero-order valence-corrected chi connectivity index (χ0v) is 16.1. The summed E-state index contributed by atoms with van der Waals surface area (Å²) in [6, 6.07) is 10.7. The zero-order chi connectivity index (χ0) is 21.3. The smallest absolute Gasteiger partial charge is 0.267 e. The van der Waals surface area contributed by atoms with Gasteiger partial charge in [0.15, 0.2) is 17.1 Å². The van der Waals surface area contributed by atoms with Gasteiger partial charge in [0, 0.05) is 24.9 Å². The molecule has 31 heavy (non-hydrogen) atoms. The van der Waals surface area contributed by atoms with Gasteiger partial charge in [-0.2, -0.15) is 5.10 Å². The Morgan fingerprint density at radius 3 is 2.58 bits per heavy atom. The molecular weight excluding hydrogens is 403 g/mol. The highest BCUT2D eigenvalue weighted by Gasteiger charge is 2.40. The Labute approximate surface area is 174 Å². The molecule has 0 N–H and O–H groups in total. The molecule has 2 aromatic heterocycles. The lowest BCUT2D eigenvalue weighted by Crippen LogP contribution is -2.29. The largest absolute Gasteiger partial charge is 0.454 e. The van der Waals surface area contributed by atoms with Crippen LogP contribution in [-0.4, -0.2) is 33.4 Å². The van der Waals surface area contributed by atoms with E-state index >= 15 is 0 Å². The Hall–Kier alpha value is -4.27. The molecule has 2 amide bonds. The van der Waals surface area contributed by atoms with Gasteiger partial charge in [0.2, 0.25) is 6.79 Å². The highest BCUT2D eigenvalue weighted by molar-refractivity contribution is 6.38. The minimum atomic E-state index is -0.484. The molecule has 0 bridgehead atoms. The summed E-state index contributed by atoms with van der Waals surface area (Å²) >= 11 is 0. The monoisotopic (exact) mass is 416 g/mol. The molecular formula is C22H13FN4O4. The average molecular weight is 416 g/mol. The van der Waals surface area contributed by atoms with Crippen LogP contribution in [0.2, 0.25) is 0 Å². The van der Waals surface area contributed by atoms with Crippen molar-refractivity contribution in [2.45, 2.75) is 0 Å². The van der Waals surface area contributed by atoms with E-state index in [1.165, 1.54) is 23.0 Å². The van der Waals surface area contributed by atoms with Crippen molar-refractivity contribution in [2.24, 2.45) is 7.05 Å². The van der Waals surface area contributed by atoms with Crippen LogP contribution in [0.4, 0.5) is 10.1 Å². The van der Waals surface area contributed by atoms with Crippen molar-refractivity contribution in [2.75, 3.05) is 11.7 Å². The van der Waals surface area contributed by atoms with Crippen LogP contribution < -0.4 is 14.4 Å². The van der Waals surface area contributed by atoms with E-state index in [-0.39, 0.29) is 23.7 Å². The molecule has 2 aliphatic rings. The van der Waals surface area contributed by atoms with Crippen LogP contribution in [0.25, 0.3) is 22.3 Å². The van der Waals surface area contributed by atoms with Crippen molar-refractivity contribution in [3.63, 3.8) is 0 Å². The fourth-order valence-electron chi connectivity index (χ4n) is 4.00. The number of rotatable bonds is 2. The van der Waals surface area contributed by atoms with Crippen molar-refractivity contribution in [1.82, 2.24) is 14.8 Å². The predicted molar refractivity (Wildman–Crippen MR) is 108 cm³/mol. The molecule has 4 aromatic rings. The molecule has 152 valence electrons. The first-order valence-electron chi connectivity index (χ1n) is 9.43. The van der Waals surface area contributed by atoms with Gasteiger partial charge in [-0.25, -0.2) is 19.0 Å². The van der Waals surface area contributed by atoms with E-state index in [0.29, 0.717) is 39.5 Å². The first kappa shape index (κ1) is 17.6. The van der Waals surface area contributed by atoms with E-state index in [2.05, 4.69) is 10.1 Å². The fraction of sp³-hybridized carbons (Fsp3) is 0.0909. The van der Waals surface area contributed by atoms with Crippen LogP contribution in [0, 0.1) is 5.82 Å². The van der Waals surface area contributed by atoms with Gasteiger partial charge >= 0.3 is 0 Å². The summed E-state index contributed by atoms with van der Waals surface area (Å²) in [6.45, 7) is 0.0855. The second-order valence-electron chi connectivity index (χ2n) is 7.21. The molecule has 0 aliphatic carbocycles. The number of carbonyl (C=O) groups excluding carboxylic acids is 2. The lowest BCUT2D eigenvalue weighted by Gasteiger charge is -2.14. The Bertz CT molecular complexity index is 1430. The zero-order valence-electron chi connectivity index (χ0n) is 16.1. The quantitative estimate of drug-likeness (QED) is 0.466. The van der Waals surface area contributed by atoms with Crippen LogP contribution in [0.1, 0.15) is 20.7 Å². The summed E-state index contributed by atoms with van der Waals surface area (Å²) in [5.41, 5.74) is 2.30. The SMILES string of the molecule is Cn1nc(-c2ccc(F)cc2)c2c3c(cnc21)C(=O)N(c1ccc2c(c1)OCO2)C3=O. The number of pyridine rings is 1. The molecule has 2 aromatic carbocycles. The van der Waals surface area contributed by atoms with Crippen molar-refractivity contribution in [3.8, 4) is 22.8 Å². The lowest BCUT2D eigenvalue weighted by atomic mass is 10.0. The average Bonchev–Trinajstić information content (AvgIpc) is 3.44. The van der Waals surface area contributed by atoms with E-state index in [4.69, 9.17) is 9.47 Å². The summed E-state index contributed by atoms with van der Waals surface area (Å²) in [5, 5.41) is 4.94. The minimum Gasteiger partial charge on any atom is -0.454 e. The second kappa shape index (κ2) is 6.11. The van der Waals surface area contributed by atoms with E-state index < -0.39 is 11.8 Å². The summed E-state index contributed by atoms with van der Waals surface area (Å²) in [5.74, 6) is -0.335. The molecule has 0 fully saturated rings. The van der Waals surface area contributed by atoms with Crippen LogP contribution in [0.3, 0.4) is 0 Å². The van der Waals surface area contributed by atoms with Crippen molar-refractivity contribution in [1.29, 1.82) is 0 Å². The molecule has 0 saturated carbocycles. The number of anilines is 1. The number of aryl methyl sites for hydroxylation is 1. The maximum Gasteiger partial charge on any atom is 0.267 e. The summed E-state index contributed by atoms with van der Waals surface area (Å²) < 4.78 is 25.6. The standard InChI is InChI=1S/C22H13FN4O4/c1-26-20-18(19(25-26)11-2-4-12(23)5-3-11)17-14(9-24-20)21(28)27(22(17)29)13-6-7-15-16(8-13)31-10-30-15/h2-9H,10H2,1H3. The number of carbonyl (C=O) groups is 2. The molecule has 0 radical (unpaired) electrons. The number of benzene rings is 2. The van der Waals surface area contributed by atoms with Gasteiger partial charge in [-0.15, -0.1) is 0 Å². The van der Waals surface area contributed by atoms with Crippen LogP contribution in [0.15, 0.2) is 48.7 Å². The first-order valence-corrected chi connectivity index (χ1v) is 9.43. The minimum absolute atomic E-state index is 0.0855. The Balaban J connectivity index is 1.55. The number of nitrogens with zero attached hydrogens (tertiary/aromatic N) is 4. The highest BCUT2D eigenvalue weighted by atomic mass is 19.1. The third-order valence-electron chi connectivity index (χ3n) is 5.43. The second-order valence-corrected chi connectivity index (χ2v) is 7.21. The number of ether oxygens (including phenoxy) is 2. The maximum atomic E-state index is 13.5.